The fraction of sp³-hybridized carbons (Fsp3) is 0.300. The predicted octanol–water partition coefficient (Wildman–Crippen LogP) is 3.22. The lowest BCUT2D eigenvalue weighted by Crippen LogP contribution is -2.37. The average molecular weight is 415 g/mol. The second-order valence-electron chi connectivity index (χ2n) is 6.50. The van der Waals surface area contributed by atoms with Crippen LogP contribution in [0.1, 0.15) is 35.0 Å². The minimum Gasteiger partial charge on any atom is -0.388 e. The van der Waals surface area contributed by atoms with Gasteiger partial charge >= 0.3 is 0 Å². The largest absolute Gasteiger partial charge is 0.388 e. The highest BCUT2D eigenvalue weighted by Gasteiger charge is 2.19. The van der Waals surface area contributed by atoms with E-state index in [2.05, 4.69) is 25.6 Å². The number of halogens is 1. The van der Waals surface area contributed by atoms with Crippen LogP contribution in [0.4, 0.5) is 5.69 Å². The highest BCUT2D eigenvalue weighted by Crippen LogP contribution is 2.24. The predicted molar refractivity (Wildman–Crippen MR) is 114 cm³/mol. The van der Waals surface area contributed by atoms with E-state index in [1.807, 2.05) is 6.92 Å². The number of fused-ring (bicyclic) bond motifs is 1. The van der Waals surface area contributed by atoms with E-state index in [4.69, 9.17) is 21.7 Å². The molecule has 3 aromatic rings. The van der Waals surface area contributed by atoms with E-state index in [0.717, 1.165) is 6.42 Å². The fourth-order valence-corrected chi connectivity index (χ4v) is 3.16. The highest BCUT2D eigenvalue weighted by molar-refractivity contribution is 6.31. The minimum atomic E-state index is -0.263. The molecule has 0 bridgehead atoms. The van der Waals surface area contributed by atoms with Crippen LogP contribution >= 0.6 is 11.6 Å². The highest BCUT2D eigenvalue weighted by atomic mass is 35.5. The molecule has 152 valence electrons. The van der Waals surface area contributed by atoms with Gasteiger partial charge in [-0.25, -0.2) is 9.97 Å². The molecule has 9 heteroatoms. The third-order valence-electron chi connectivity index (χ3n) is 4.60. The van der Waals surface area contributed by atoms with Gasteiger partial charge in [-0.3, -0.25) is 10.2 Å². The average Bonchev–Trinajstić information content (AvgIpc) is 3.16. The molecule has 1 atom stereocenters. The minimum absolute atomic E-state index is 0.0980. The van der Waals surface area contributed by atoms with Crippen LogP contribution in [0.25, 0.3) is 11.2 Å². The van der Waals surface area contributed by atoms with Crippen molar-refractivity contribution < 1.29 is 9.53 Å². The van der Waals surface area contributed by atoms with E-state index < -0.39 is 0 Å². The number of anilines is 1. The standard InChI is InChI=1S/C20H23ClN6O2/c1-4-12(10-29-3)26-20(28)14-8-24-19-18(14)27-16(9-25-19)17(22)13-6-5-11(21)7-15(13)23-2/h5-9,12,22-23H,4,10H2,1-3H3,(H,24,25)(H,26,28)/t12-/m1/s1. The number of amides is 1. The lowest BCUT2D eigenvalue weighted by atomic mass is 10.1. The molecule has 0 saturated heterocycles. The van der Waals surface area contributed by atoms with E-state index >= 15 is 0 Å². The summed E-state index contributed by atoms with van der Waals surface area (Å²) in [5, 5.41) is 15.1. The molecule has 0 spiro atoms. The molecule has 0 fully saturated rings. The number of hydrogen-bond donors (Lipinski definition) is 4. The monoisotopic (exact) mass is 414 g/mol. The SMILES string of the molecule is CC[C@H](COC)NC(=O)c1c[nH]c2ncc(C(=N)c3ccc(Cl)cc3NC)nc12. The van der Waals surface area contributed by atoms with Crippen molar-refractivity contribution in [3.05, 3.63) is 52.4 Å². The molecule has 8 nitrogen and oxygen atoms in total. The van der Waals surface area contributed by atoms with Crippen LogP contribution < -0.4 is 10.6 Å². The molecule has 2 heterocycles. The lowest BCUT2D eigenvalue weighted by Gasteiger charge is -2.15. The summed E-state index contributed by atoms with van der Waals surface area (Å²) in [6, 6.07) is 5.12. The van der Waals surface area contributed by atoms with Gasteiger partial charge in [0, 0.05) is 36.6 Å². The quantitative estimate of drug-likeness (QED) is 0.422. The van der Waals surface area contributed by atoms with Gasteiger partial charge in [0.1, 0.15) is 11.2 Å². The van der Waals surface area contributed by atoms with Gasteiger partial charge in [-0.1, -0.05) is 18.5 Å². The maximum absolute atomic E-state index is 12.7. The summed E-state index contributed by atoms with van der Waals surface area (Å²) in [5.41, 5.74) is 3.16. The molecule has 4 N–H and O–H groups in total. The summed E-state index contributed by atoms with van der Waals surface area (Å²) in [6.07, 6.45) is 3.83. The number of aromatic amines is 1. The van der Waals surface area contributed by atoms with Gasteiger partial charge < -0.3 is 20.4 Å². The summed E-state index contributed by atoms with van der Waals surface area (Å²) < 4.78 is 5.14. The van der Waals surface area contributed by atoms with Gasteiger partial charge in [-0.2, -0.15) is 0 Å². The molecule has 0 unspecified atom stereocenters. The zero-order valence-corrected chi connectivity index (χ0v) is 17.2. The molecule has 0 radical (unpaired) electrons. The molecule has 0 aliphatic carbocycles. The number of benzene rings is 1. The first-order chi connectivity index (χ1) is 14.0. The van der Waals surface area contributed by atoms with Crippen molar-refractivity contribution in [2.75, 3.05) is 26.1 Å². The Hall–Kier alpha value is -2.97. The number of methoxy groups -OCH3 is 1. The summed E-state index contributed by atoms with van der Waals surface area (Å²) in [4.78, 5) is 24.6. The van der Waals surface area contributed by atoms with Crippen LogP contribution in [0.5, 0.6) is 0 Å². The molecule has 2 aromatic heterocycles. The molecule has 1 aromatic carbocycles. The Morgan fingerprint density at radius 2 is 2.17 bits per heavy atom. The van der Waals surface area contributed by atoms with E-state index in [1.54, 1.807) is 38.6 Å². The smallest absolute Gasteiger partial charge is 0.255 e. The lowest BCUT2D eigenvalue weighted by molar-refractivity contribution is 0.0896. The molecular formula is C20H23ClN6O2. The Bertz CT molecular complexity index is 1050. The van der Waals surface area contributed by atoms with Crippen molar-refractivity contribution in [2.45, 2.75) is 19.4 Å². The zero-order valence-electron chi connectivity index (χ0n) is 16.5. The van der Waals surface area contributed by atoms with Gasteiger partial charge in [0.15, 0.2) is 5.65 Å². The number of rotatable bonds is 8. The number of hydrogen-bond acceptors (Lipinski definition) is 6. The first-order valence-electron chi connectivity index (χ1n) is 9.19. The molecule has 29 heavy (non-hydrogen) atoms. The number of aromatic nitrogens is 3. The molecule has 0 aliphatic rings. The summed E-state index contributed by atoms with van der Waals surface area (Å²) in [5.74, 6) is -0.263. The summed E-state index contributed by atoms with van der Waals surface area (Å²) in [7, 11) is 3.36. The van der Waals surface area contributed by atoms with Crippen LogP contribution in [0.15, 0.2) is 30.6 Å². The number of H-pyrrole nitrogens is 1. The van der Waals surface area contributed by atoms with E-state index in [1.165, 1.54) is 6.20 Å². The number of ether oxygens (including phenoxy) is 1. The van der Waals surface area contributed by atoms with Crippen molar-refractivity contribution in [3.8, 4) is 0 Å². The summed E-state index contributed by atoms with van der Waals surface area (Å²) >= 11 is 6.05. The molecule has 0 aliphatic heterocycles. The number of carbonyl (C=O) groups is 1. The Labute approximate surface area is 173 Å². The van der Waals surface area contributed by atoms with E-state index in [0.29, 0.717) is 45.3 Å². The third kappa shape index (κ3) is 4.38. The molecule has 0 saturated carbocycles. The first kappa shape index (κ1) is 20.8. The van der Waals surface area contributed by atoms with Gasteiger partial charge in [-0.15, -0.1) is 0 Å². The molecular weight excluding hydrogens is 392 g/mol. The van der Waals surface area contributed by atoms with Crippen molar-refractivity contribution in [1.29, 1.82) is 5.41 Å². The molecule has 1 amide bonds. The van der Waals surface area contributed by atoms with E-state index in [9.17, 15) is 4.79 Å². The Balaban J connectivity index is 1.95. The zero-order chi connectivity index (χ0) is 21.0. The van der Waals surface area contributed by atoms with Crippen LogP contribution in [0.3, 0.4) is 0 Å². The number of nitrogens with one attached hydrogen (secondary N) is 4. The van der Waals surface area contributed by atoms with Crippen LogP contribution in [-0.2, 0) is 4.74 Å². The maximum atomic E-state index is 12.7. The normalized spacial score (nSPS) is 12.0. The van der Waals surface area contributed by atoms with Gasteiger partial charge in [0.25, 0.3) is 5.91 Å². The second-order valence-corrected chi connectivity index (χ2v) is 6.94. The number of carbonyl (C=O) groups excluding carboxylic acids is 1. The van der Waals surface area contributed by atoms with Crippen molar-refractivity contribution in [2.24, 2.45) is 0 Å². The van der Waals surface area contributed by atoms with Crippen molar-refractivity contribution >= 4 is 40.1 Å². The first-order valence-corrected chi connectivity index (χ1v) is 9.56. The van der Waals surface area contributed by atoms with Crippen LogP contribution in [0.2, 0.25) is 5.02 Å². The Kier molecular flexibility index (Phi) is 6.46. The summed E-state index contributed by atoms with van der Waals surface area (Å²) in [6.45, 7) is 2.40. The topological polar surface area (TPSA) is 116 Å². The Morgan fingerprint density at radius 3 is 2.86 bits per heavy atom. The molecule has 3 rings (SSSR count). The maximum Gasteiger partial charge on any atom is 0.255 e. The van der Waals surface area contributed by atoms with Gasteiger partial charge in [-0.05, 0) is 24.6 Å². The van der Waals surface area contributed by atoms with Crippen molar-refractivity contribution in [3.63, 3.8) is 0 Å². The van der Waals surface area contributed by atoms with Gasteiger partial charge in [0.05, 0.1) is 30.1 Å². The van der Waals surface area contributed by atoms with Crippen LogP contribution in [-0.4, -0.2) is 53.4 Å². The second kappa shape index (κ2) is 9.02. The van der Waals surface area contributed by atoms with E-state index in [-0.39, 0.29) is 17.7 Å². The van der Waals surface area contributed by atoms with Gasteiger partial charge in [0.2, 0.25) is 0 Å². The fourth-order valence-electron chi connectivity index (χ4n) is 2.99. The van der Waals surface area contributed by atoms with Crippen LogP contribution in [0, 0.1) is 5.41 Å². The third-order valence-corrected chi connectivity index (χ3v) is 4.83. The van der Waals surface area contributed by atoms with Crippen molar-refractivity contribution in [1.82, 2.24) is 20.3 Å². The Morgan fingerprint density at radius 1 is 1.38 bits per heavy atom. The number of nitrogens with zero attached hydrogens (tertiary/aromatic N) is 2.